The molecular formula is C22H19N3O5S. The fraction of sp³-hybridized carbons (Fsp3) is 0.182. The first-order valence-electron chi connectivity index (χ1n) is 9.47. The lowest BCUT2D eigenvalue weighted by Gasteiger charge is -2.05. The molecule has 9 heteroatoms. The SMILES string of the molecule is COCCn1c(=NC(=O)c2coc3ccccc3c2=O)sc2cc(NC(C)=O)ccc21. The summed E-state index contributed by atoms with van der Waals surface area (Å²) in [5, 5.41) is 3.07. The lowest BCUT2D eigenvalue weighted by Crippen LogP contribution is -2.21. The number of nitrogens with one attached hydrogen (secondary N) is 1. The number of carbonyl (C=O) groups is 2. The quantitative estimate of drug-likeness (QED) is 0.517. The van der Waals surface area contributed by atoms with Gasteiger partial charge in [0.25, 0.3) is 5.91 Å². The van der Waals surface area contributed by atoms with Gasteiger partial charge < -0.3 is 19.0 Å². The predicted octanol–water partition coefficient (Wildman–Crippen LogP) is 3.16. The van der Waals surface area contributed by atoms with Gasteiger partial charge in [-0.25, -0.2) is 0 Å². The van der Waals surface area contributed by atoms with Gasteiger partial charge >= 0.3 is 0 Å². The average molecular weight is 437 g/mol. The Morgan fingerprint density at radius 1 is 1.23 bits per heavy atom. The van der Waals surface area contributed by atoms with Crippen molar-refractivity contribution in [2.75, 3.05) is 19.0 Å². The molecule has 0 atom stereocenters. The Kier molecular flexibility index (Phi) is 5.79. The molecule has 0 saturated carbocycles. The molecule has 1 N–H and O–H groups in total. The number of hydrogen-bond acceptors (Lipinski definition) is 6. The van der Waals surface area contributed by atoms with E-state index in [0.717, 1.165) is 16.5 Å². The first kappa shape index (κ1) is 20.7. The molecule has 0 bridgehead atoms. The molecule has 0 unspecified atom stereocenters. The summed E-state index contributed by atoms with van der Waals surface area (Å²) in [4.78, 5) is 41.6. The van der Waals surface area contributed by atoms with E-state index < -0.39 is 11.3 Å². The van der Waals surface area contributed by atoms with Crippen molar-refractivity contribution >= 4 is 50.0 Å². The Morgan fingerprint density at radius 3 is 2.81 bits per heavy atom. The third-order valence-corrected chi connectivity index (χ3v) is 5.67. The number of thiazole rings is 1. The van der Waals surface area contributed by atoms with Crippen LogP contribution in [0.1, 0.15) is 17.3 Å². The minimum absolute atomic E-state index is 0.131. The lowest BCUT2D eigenvalue weighted by molar-refractivity contribution is -0.114. The monoisotopic (exact) mass is 437 g/mol. The highest BCUT2D eigenvalue weighted by atomic mass is 32.1. The maximum absolute atomic E-state index is 12.9. The normalized spacial score (nSPS) is 11.9. The maximum atomic E-state index is 12.9. The summed E-state index contributed by atoms with van der Waals surface area (Å²) in [7, 11) is 1.59. The van der Waals surface area contributed by atoms with Gasteiger partial charge in [-0.3, -0.25) is 14.4 Å². The summed E-state index contributed by atoms with van der Waals surface area (Å²) in [5.41, 5.74) is 1.34. The molecule has 0 fully saturated rings. The third kappa shape index (κ3) is 4.18. The number of aromatic nitrogens is 1. The van der Waals surface area contributed by atoms with Crippen molar-refractivity contribution in [3.63, 3.8) is 0 Å². The van der Waals surface area contributed by atoms with Crippen LogP contribution >= 0.6 is 11.3 Å². The Balaban J connectivity index is 1.83. The van der Waals surface area contributed by atoms with Crippen LogP contribution in [0, 0.1) is 0 Å². The molecule has 4 rings (SSSR count). The predicted molar refractivity (Wildman–Crippen MR) is 118 cm³/mol. The highest BCUT2D eigenvalue weighted by Gasteiger charge is 2.15. The number of anilines is 1. The topological polar surface area (TPSA) is 103 Å². The number of amides is 2. The molecule has 2 aromatic heterocycles. The van der Waals surface area contributed by atoms with Gasteiger partial charge in [-0.2, -0.15) is 4.99 Å². The number of nitrogens with zero attached hydrogens (tertiary/aromatic N) is 2. The molecule has 2 heterocycles. The summed E-state index contributed by atoms with van der Waals surface area (Å²) in [6, 6.07) is 12.2. The van der Waals surface area contributed by atoms with Gasteiger partial charge in [0.05, 0.1) is 22.2 Å². The van der Waals surface area contributed by atoms with E-state index in [1.54, 1.807) is 37.4 Å². The maximum Gasteiger partial charge on any atom is 0.286 e. The number of hydrogen-bond donors (Lipinski definition) is 1. The van der Waals surface area contributed by atoms with Crippen molar-refractivity contribution in [3.05, 3.63) is 69.3 Å². The van der Waals surface area contributed by atoms with Gasteiger partial charge in [0.2, 0.25) is 11.3 Å². The van der Waals surface area contributed by atoms with Gasteiger partial charge in [0, 0.05) is 26.3 Å². The van der Waals surface area contributed by atoms with Crippen molar-refractivity contribution in [2.45, 2.75) is 13.5 Å². The van der Waals surface area contributed by atoms with Crippen LogP contribution in [0.5, 0.6) is 0 Å². The molecule has 4 aromatic rings. The fourth-order valence-corrected chi connectivity index (χ4v) is 4.30. The Morgan fingerprint density at radius 2 is 2.03 bits per heavy atom. The molecule has 0 saturated heterocycles. The lowest BCUT2D eigenvalue weighted by atomic mass is 10.2. The standard InChI is InChI=1S/C22H19N3O5S/c1-13(26)23-14-7-8-17-19(11-14)31-22(25(17)9-10-29-2)24-21(28)16-12-30-18-6-4-3-5-15(18)20(16)27/h3-8,11-12H,9-10H2,1-2H3,(H,23,26). The molecule has 2 amide bonds. The summed E-state index contributed by atoms with van der Waals surface area (Å²) in [6.07, 6.45) is 1.15. The van der Waals surface area contributed by atoms with Crippen LogP contribution in [0.3, 0.4) is 0 Å². The van der Waals surface area contributed by atoms with Crippen molar-refractivity contribution in [1.29, 1.82) is 0 Å². The third-order valence-electron chi connectivity index (χ3n) is 4.63. The zero-order chi connectivity index (χ0) is 22.0. The van der Waals surface area contributed by atoms with Crippen molar-refractivity contribution in [1.82, 2.24) is 4.57 Å². The molecule has 0 aliphatic rings. The Labute approximate surface area is 180 Å². The second-order valence-electron chi connectivity index (χ2n) is 6.78. The Hall–Kier alpha value is -3.56. The van der Waals surface area contributed by atoms with Crippen LogP contribution in [-0.4, -0.2) is 30.1 Å². The fourth-order valence-electron chi connectivity index (χ4n) is 3.21. The van der Waals surface area contributed by atoms with E-state index >= 15 is 0 Å². The van der Waals surface area contributed by atoms with Crippen molar-refractivity contribution in [2.24, 2.45) is 4.99 Å². The highest BCUT2D eigenvalue weighted by Crippen LogP contribution is 2.22. The van der Waals surface area contributed by atoms with Gasteiger partial charge in [0.1, 0.15) is 17.4 Å². The number of para-hydroxylation sites is 1. The number of benzene rings is 2. The molecule has 0 aliphatic carbocycles. The van der Waals surface area contributed by atoms with Gasteiger partial charge in [-0.1, -0.05) is 23.5 Å². The average Bonchev–Trinajstić information content (AvgIpc) is 3.08. The van der Waals surface area contributed by atoms with Crippen LogP contribution in [0.2, 0.25) is 0 Å². The highest BCUT2D eigenvalue weighted by molar-refractivity contribution is 7.16. The summed E-state index contributed by atoms with van der Waals surface area (Å²) in [5.74, 6) is -0.856. The minimum Gasteiger partial charge on any atom is -0.463 e. The van der Waals surface area contributed by atoms with E-state index in [-0.39, 0.29) is 11.5 Å². The van der Waals surface area contributed by atoms with Crippen molar-refractivity contribution < 1.29 is 18.7 Å². The number of rotatable bonds is 5. The Bertz CT molecular complexity index is 1430. The second-order valence-corrected chi connectivity index (χ2v) is 7.79. The summed E-state index contributed by atoms with van der Waals surface area (Å²) in [6.45, 7) is 2.32. The molecule has 2 aromatic carbocycles. The van der Waals surface area contributed by atoms with Crippen LogP contribution < -0.4 is 15.5 Å². The molecule has 158 valence electrons. The number of methoxy groups -OCH3 is 1. The number of fused-ring (bicyclic) bond motifs is 2. The van der Waals surface area contributed by atoms with Gasteiger partial charge in [-0.15, -0.1) is 0 Å². The van der Waals surface area contributed by atoms with E-state index in [4.69, 9.17) is 9.15 Å². The first-order valence-corrected chi connectivity index (χ1v) is 10.3. The smallest absolute Gasteiger partial charge is 0.286 e. The van der Waals surface area contributed by atoms with E-state index in [0.29, 0.717) is 34.6 Å². The molecule has 0 radical (unpaired) electrons. The van der Waals surface area contributed by atoms with Gasteiger partial charge in [0.15, 0.2) is 4.80 Å². The summed E-state index contributed by atoms with van der Waals surface area (Å²) < 4.78 is 13.3. The van der Waals surface area contributed by atoms with Crippen LogP contribution in [0.4, 0.5) is 5.69 Å². The van der Waals surface area contributed by atoms with Crippen LogP contribution in [0.15, 0.2) is 62.9 Å². The second kappa shape index (κ2) is 8.66. The van der Waals surface area contributed by atoms with Crippen LogP contribution in [0.25, 0.3) is 21.2 Å². The summed E-state index contributed by atoms with van der Waals surface area (Å²) >= 11 is 1.28. The number of carbonyl (C=O) groups excluding carboxylic acids is 2. The van der Waals surface area contributed by atoms with E-state index in [1.807, 2.05) is 16.7 Å². The zero-order valence-electron chi connectivity index (χ0n) is 16.9. The first-order chi connectivity index (χ1) is 15.0. The minimum atomic E-state index is -0.681. The largest absolute Gasteiger partial charge is 0.463 e. The molecular weight excluding hydrogens is 418 g/mol. The van der Waals surface area contributed by atoms with Gasteiger partial charge in [-0.05, 0) is 30.3 Å². The molecule has 0 aliphatic heterocycles. The van der Waals surface area contributed by atoms with Crippen molar-refractivity contribution in [3.8, 4) is 0 Å². The van der Waals surface area contributed by atoms with E-state index in [2.05, 4.69) is 10.3 Å². The van der Waals surface area contributed by atoms with Crippen LogP contribution in [-0.2, 0) is 16.1 Å². The molecule has 8 nitrogen and oxygen atoms in total. The zero-order valence-corrected chi connectivity index (χ0v) is 17.7. The van der Waals surface area contributed by atoms with E-state index in [1.165, 1.54) is 18.3 Å². The number of ether oxygens (including phenoxy) is 1. The molecule has 31 heavy (non-hydrogen) atoms. The molecule has 0 spiro atoms. The van der Waals surface area contributed by atoms with E-state index in [9.17, 15) is 14.4 Å².